The SMILES string of the molecule is O=C1C=CC2N=CC=CC12. The first-order valence-electron chi connectivity index (χ1n) is 3.30. The van der Waals surface area contributed by atoms with Crippen molar-refractivity contribution in [2.45, 2.75) is 6.04 Å². The summed E-state index contributed by atoms with van der Waals surface area (Å²) in [5.41, 5.74) is 0. The van der Waals surface area contributed by atoms with Crippen molar-refractivity contribution in [1.82, 2.24) is 0 Å². The predicted molar refractivity (Wildman–Crippen MR) is 39.1 cm³/mol. The number of carbonyl (C=O) groups excluding carboxylic acids is 1. The first kappa shape index (κ1) is 5.59. The third-order valence-electron chi connectivity index (χ3n) is 1.82. The van der Waals surface area contributed by atoms with E-state index in [1.807, 2.05) is 18.2 Å². The summed E-state index contributed by atoms with van der Waals surface area (Å²) in [6, 6.07) is 0.0949. The van der Waals surface area contributed by atoms with Gasteiger partial charge < -0.3 is 0 Å². The number of hydrogen-bond donors (Lipinski definition) is 0. The van der Waals surface area contributed by atoms with Crippen molar-refractivity contribution >= 4 is 12.0 Å². The van der Waals surface area contributed by atoms with Crippen LogP contribution in [-0.4, -0.2) is 18.0 Å². The molecule has 1 heterocycles. The van der Waals surface area contributed by atoms with Crippen LogP contribution in [0.25, 0.3) is 0 Å². The Morgan fingerprint density at radius 1 is 1.40 bits per heavy atom. The van der Waals surface area contributed by atoms with Crippen LogP contribution in [0.2, 0.25) is 0 Å². The molecule has 0 saturated heterocycles. The van der Waals surface area contributed by atoms with Crippen LogP contribution in [0.15, 0.2) is 29.3 Å². The minimum absolute atomic E-state index is 0.00463. The molecule has 2 rings (SSSR count). The van der Waals surface area contributed by atoms with Gasteiger partial charge in [0, 0.05) is 6.21 Å². The average molecular weight is 133 g/mol. The second-order valence-corrected chi connectivity index (χ2v) is 2.46. The van der Waals surface area contributed by atoms with Gasteiger partial charge in [-0.15, -0.1) is 0 Å². The average Bonchev–Trinajstić information content (AvgIpc) is 2.34. The van der Waals surface area contributed by atoms with Crippen LogP contribution in [0.3, 0.4) is 0 Å². The standard InChI is InChI=1S/C8H7NO/c10-8-4-3-7-6(8)2-1-5-9-7/h1-7H. The molecule has 2 heteroatoms. The lowest BCUT2D eigenvalue weighted by atomic mass is 10.0. The lowest BCUT2D eigenvalue weighted by Gasteiger charge is -2.11. The molecular formula is C8H7NO. The van der Waals surface area contributed by atoms with Gasteiger partial charge in [-0.3, -0.25) is 9.79 Å². The van der Waals surface area contributed by atoms with E-state index in [1.165, 1.54) is 0 Å². The minimum atomic E-state index is 0.00463. The first-order valence-corrected chi connectivity index (χ1v) is 3.30. The number of aliphatic imine (C=N–C) groups is 1. The Morgan fingerprint density at radius 2 is 2.30 bits per heavy atom. The molecule has 0 bridgehead atoms. The van der Waals surface area contributed by atoms with E-state index in [0.717, 1.165) is 0 Å². The Balaban J connectivity index is 2.34. The van der Waals surface area contributed by atoms with Gasteiger partial charge in [-0.25, -0.2) is 0 Å². The fourth-order valence-corrected chi connectivity index (χ4v) is 1.26. The summed E-state index contributed by atoms with van der Waals surface area (Å²) >= 11 is 0. The van der Waals surface area contributed by atoms with Crippen LogP contribution in [0.5, 0.6) is 0 Å². The van der Waals surface area contributed by atoms with E-state index in [0.29, 0.717) is 0 Å². The number of fused-ring (bicyclic) bond motifs is 1. The van der Waals surface area contributed by atoms with Gasteiger partial charge in [-0.05, 0) is 12.2 Å². The van der Waals surface area contributed by atoms with Gasteiger partial charge in [-0.1, -0.05) is 12.2 Å². The Morgan fingerprint density at radius 3 is 3.10 bits per heavy atom. The molecule has 2 atom stereocenters. The molecule has 0 aromatic rings. The lowest BCUT2D eigenvalue weighted by Crippen LogP contribution is -2.18. The molecule has 0 radical (unpaired) electrons. The second-order valence-electron chi connectivity index (χ2n) is 2.46. The van der Waals surface area contributed by atoms with Gasteiger partial charge in [0.15, 0.2) is 5.78 Å². The van der Waals surface area contributed by atoms with Crippen LogP contribution in [0.4, 0.5) is 0 Å². The van der Waals surface area contributed by atoms with Crippen molar-refractivity contribution in [3.63, 3.8) is 0 Å². The molecule has 0 fully saturated rings. The maximum atomic E-state index is 11.0. The van der Waals surface area contributed by atoms with Crippen molar-refractivity contribution in [1.29, 1.82) is 0 Å². The van der Waals surface area contributed by atoms with Gasteiger partial charge in [0.05, 0.1) is 12.0 Å². The molecule has 10 heavy (non-hydrogen) atoms. The highest BCUT2D eigenvalue weighted by molar-refractivity contribution is 5.98. The molecule has 0 saturated carbocycles. The van der Waals surface area contributed by atoms with E-state index in [4.69, 9.17) is 0 Å². The zero-order valence-corrected chi connectivity index (χ0v) is 5.40. The van der Waals surface area contributed by atoms with Gasteiger partial charge in [0.1, 0.15) is 0 Å². The summed E-state index contributed by atoms with van der Waals surface area (Å²) in [6.07, 6.45) is 8.94. The second kappa shape index (κ2) is 1.90. The number of allylic oxidation sites excluding steroid dienone is 2. The van der Waals surface area contributed by atoms with Crippen molar-refractivity contribution in [2.24, 2.45) is 10.9 Å². The maximum absolute atomic E-state index is 11.0. The van der Waals surface area contributed by atoms with Gasteiger partial charge >= 0.3 is 0 Å². The van der Waals surface area contributed by atoms with Crippen LogP contribution in [0, 0.1) is 5.92 Å². The first-order chi connectivity index (χ1) is 4.88. The van der Waals surface area contributed by atoms with Crippen molar-refractivity contribution in [2.75, 3.05) is 0 Å². The zero-order valence-electron chi connectivity index (χ0n) is 5.40. The summed E-state index contributed by atoms with van der Waals surface area (Å²) in [5, 5.41) is 0. The van der Waals surface area contributed by atoms with E-state index >= 15 is 0 Å². The highest BCUT2D eigenvalue weighted by Gasteiger charge is 2.27. The third-order valence-corrected chi connectivity index (χ3v) is 1.82. The van der Waals surface area contributed by atoms with E-state index in [1.54, 1.807) is 12.3 Å². The lowest BCUT2D eigenvalue weighted by molar-refractivity contribution is -0.116. The van der Waals surface area contributed by atoms with Gasteiger partial charge in [0.2, 0.25) is 0 Å². The predicted octanol–water partition coefficient (Wildman–Crippen LogP) is 0.751. The normalized spacial score (nSPS) is 35.0. The van der Waals surface area contributed by atoms with Crippen LogP contribution < -0.4 is 0 Å². The molecule has 50 valence electrons. The molecule has 0 aromatic carbocycles. The van der Waals surface area contributed by atoms with Crippen molar-refractivity contribution < 1.29 is 4.79 Å². The number of ketones is 1. The van der Waals surface area contributed by atoms with Crippen molar-refractivity contribution in [3.8, 4) is 0 Å². The highest BCUT2D eigenvalue weighted by atomic mass is 16.1. The largest absolute Gasteiger partial charge is 0.294 e. The summed E-state index contributed by atoms with van der Waals surface area (Å²) < 4.78 is 0. The van der Waals surface area contributed by atoms with Gasteiger partial charge in [0.25, 0.3) is 0 Å². The third kappa shape index (κ3) is 0.652. The zero-order chi connectivity index (χ0) is 6.97. The number of dihydropyridines is 1. The van der Waals surface area contributed by atoms with E-state index in [-0.39, 0.29) is 17.7 Å². The number of nitrogens with zero attached hydrogens (tertiary/aromatic N) is 1. The number of rotatable bonds is 0. The molecule has 1 aliphatic heterocycles. The fraction of sp³-hybridized carbons (Fsp3) is 0.250. The quantitative estimate of drug-likeness (QED) is 0.479. The van der Waals surface area contributed by atoms with Crippen LogP contribution in [-0.2, 0) is 4.79 Å². The van der Waals surface area contributed by atoms with E-state index in [2.05, 4.69) is 4.99 Å². The Labute approximate surface area is 59.0 Å². The van der Waals surface area contributed by atoms with E-state index in [9.17, 15) is 4.79 Å². The Kier molecular flexibility index (Phi) is 1.07. The monoisotopic (exact) mass is 133 g/mol. The number of carbonyl (C=O) groups is 1. The Hall–Kier alpha value is -1.18. The molecule has 0 spiro atoms. The maximum Gasteiger partial charge on any atom is 0.164 e. The summed E-state index contributed by atoms with van der Waals surface area (Å²) in [5.74, 6) is 0.183. The van der Waals surface area contributed by atoms with Crippen LogP contribution >= 0.6 is 0 Å². The molecule has 2 nitrogen and oxygen atoms in total. The van der Waals surface area contributed by atoms with E-state index < -0.39 is 0 Å². The highest BCUT2D eigenvalue weighted by Crippen LogP contribution is 2.21. The molecule has 0 amide bonds. The smallest absolute Gasteiger partial charge is 0.164 e. The molecule has 0 N–H and O–H groups in total. The summed E-state index contributed by atoms with van der Waals surface area (Å²) in [7, 11) is 0. The number of hydrogen-bond acceptors (Lipinski definition) is 2. The van der Waals surface area contributed by atoms with Gasteiger partial charge in [-0.2, -0.15) is 0 Å². The molecule has 1 aliphatic carbocycles. The summed E-state index contributed by atoms with van der Waals surface area (Å²) in [4.78, 5) is 15.1. The topological polar surface area (TPSA) is 29.4 Å². The minimum Gasteiger partial charge on any atom is -0.294 e. The Bertz CT molecular complexity index is 248. The summed E-state index contributed by atoms with van der Waals surface area (Å²) in [6.45, 7) is 0. The van der Waals surface area contributed by atoms with Crippen molar-refractivity contribution in [3.05, 3.63) is 24.3 Å². The molecule has 2 unspecified atom stereocenters. The fourth-order valence-electron chi connectivity index (χ4n) is 1.26. The van der Waals surface area contributed by atoms with Crippen LogP contribution in [0.1, 0.15) is 0 Å². The molecule has 0 aromatic heterocycles. The molecule has 2 aliphatic rings. The molecular weight excluding hydrogens is 126 g/mol.